The van der Waals surface area contributed by atoms with Crippen LogP contribution in [0.15, 0.2) is 0 Å². The Bertz CT molecular complexity index is 270. The van der Waals surface area contributed by atoms with Crippen LogP contribution in [0.2, 0.25) is 0 Å². The molecule has 2 fully saturated rings. The average Bonchev–Trinajstić information content (AvgIpc) is 2.53. The molecular formula is C9H13FO4. The van der Waals surface area contributed by atoms with E-state index in [9.17, 15) is 19.4 Å². The van der Waals surface area contributed by atoms with E-state index in [-0.39, 0.29) is 12.8 Å². The maximum atomic E-state index is 13.9. The molecule has 4 nitrogen and oxygen atoms in total. The predicted molar refractivity (Wildman–Crippen MR) is 44.1 cm³/mol. The second-order valence-electron chi connectivity index (χ2n) is 4.07. The lowest BCUT2D eigenvalue weighted by Gasteiger charge is -2.20. The maximum absolute atomic E-state index is 13.9. The van der Waals surface area contributed by atoms with Crippen molar-refractivity contribution in [1.29, 1.82) is 0 Å². The normalized spacial score (nSPS) is 50.0. The molecule has 1 unspecified atom stereocenters. The van der Waals surface area contributed by atoms with Crippen molar-refractivity contribution in [1.82, 2.24) is 0 Å². The predicted octanol–water partition coefficient (Wildman–Crippen LogP) is -0.371. The Labute approximate surface area is 80.7 Å². The van der Waals surface area contributed by atoms with Gasteiger partial charge in [0.1, 0.15) is 5.67 Å². The summed E-state index contributed by atoms with van der Waals surface area (Å²) < 4.78 is 18.3. The number of ether oxygens (including phenoxy) is 1. The number of halogens is 1. The van der Waals surface area contributed by atoms with Gasteiger partial charge in [0, 0.05) is 11.8 Å². The Morgan fingerprint density at radius 1 is 1.64 bits per heavy atom. The third kappa shape index (κ3) is 1.09. The van der Waals surface area contributed by atoms with E-state index in [1.54, 1.807) is 0 Å². The molecule has 2 rings (SSSR count). The molecule has 5 atom stereocenters. The van der Waals surface area contributed by atoms with Crippen molar-refractivity contribution < 1.29 is 24.1 Å². The minimum Gasteiger partial charge on any atom is -0.469 e. The summed E-state index contributed by atoms with van der Waals surface area (Å²) in [5, 5.41) is 18.7. The van der Waals surface area contributed by atoms with E-state index >= 15 is 0 Å². The molecule has 0 amide bonds. The SMILES string of the molecule is COC(=O)C[C@H]1[C@H](O)C[C@H]2C(O)[C@@]21F. The zero-order valence-electron chi connectivity index (χ0n) is 7.81. The van der Waals surface area contributed by atoms with E-state index in [1.165, 1.54) is 7.11 Å². The summed E-state index contributed by atoms with van der Waals surface area (Å²) in [4.78, 5) is 10.9. The molecule has 5 heteroatoms. The van der Waals surface area contributed by atoms with Crippen LogP contribution in [0.5, 0.6) is 0 Å². The van der Waals surface area contributed by atoms with Crippen molar-refractivity contribution in [2.75, 3.05) is 7.11 Å². The Morgan fingerprint density at radius 2 is 2.29 bits per heavy atom. The molecule has 80 valence electrons. The summed E-state index contributed by atoms with van der Waals surface area (Å²) >= 11 is 0. The molecule has 2 N–H and O–H groups in total. The molecule has 2 aliphatic rings. The van der Waals surface area contributed by atoms with Gasteiger partial charge in [0.25, 0.3) is 0 Å². The summed E-state index contributed by atoms with van der Waals surface area (Å²) in [7, 11) is 1.22. The van der Waals surface area contributed by atoms with Gasteiger partial charge in [-0.1, -0.05) is 0 Å². The van der Waals surface area contributed by atoms with Gasteiger partial charge in [0.05, 0.1) is 25.7 Å². The molecule has 2 saturated carbocycles. The first-order chi connectivity index (χ1) is 6.51. The highest BCUT2D eigenvalue weighted by Gasteiger charge is 2.75. The van der Waals surface area contributed by atoms with Crippen LogP contribution in [0.4, 0.5) is 4.39 Å². The van der Waals surface area contributed by atoms with Gasteiger partial charge >= 0.3 is 5.97 Å². The third-order valence-corrected chi connectivity index (χ3v) is 3.44. The first-order valence-electron chi connectivity index (χ1n) is 4.63. The van der Waals surface area contributed by atoms with Gasteiger partial charge in [-0.25, -0.2) is 4.39 Å². The third-order valence-electron chi connectivity index (χ3n) is 3.44. The molecule has 14 heavy (non-hydrogen) atoms. The number of hydrogen-bond acceptors (Lipinski definition) is 4. The summed E-state index contributed by atoms with van der Waals surface area (Å²) in [5.74, 6) is -1.85. The number of aliphatic hydroxyl groups excluding tert-OH is 2. The number of methoxy groups -OCH3 is 1. The highest BCUT2D eigenvalue weighted by molar-refractivity contribution is 5.70. The number of carbonyl (C=O) groups is 1. The lowest BCUT2D eigenvalue weighted by Crippen LogP contribution is -2.32. The van der Waals surface area contributed by atoms with E-state index in [0.717, 1.165) is 0 Å². The smallest absolute Gasteiger partial charge is 0.306 e. The molecule has 0 aromatic rings. The van der Waals surface area contributed by atoms with E-state index < -0.39 is 35.7 Å². The monoisotopic (exact) mass is 204 g/mol. The minimum atomic E-state index is -1.76. The van der Waals surface area contributed by atoms with Crippen LogP contribution in [-0.4, -0.2) is 41.2 Å². The fourth-order valence-electron chi connectivity index (χ4n) is 2.51. The van der Waals surface area contributed by atoms with Crippen LogP contribution in [0, 0.1) is 11.8 Å². The van der Waals surface area contributed by atoms with E-state index in [0.29, 0.717) is 0 Å². The lowest BCUT2D eigenvalue weighted by molar-refractivity contribution is -0.143. The second kappa shape index (κ2) is 2.90. The first kappa shape index (κ1) is 9.86. The van der Waals surface area contributed by atoms with Gasteiger partial charge in [-0.3, -0.25) is 4.79 Å². The number of rotatable bonds is 2. The average molecular weight is 204 g/mol. The molecule has 0 bridgehead atoms. The summed E-state index contributed by atoms with van der Waals surface area (Å²) in [5.41, 5.74) is -1.76. The topological polar surface area (TPSA) is 66.8 Å². The van der Waals surface area contributed by atoms with Crippen molar-refractivity contribution >= 4 is 5.97 Å². The highest BCUT2D eigenvalue weighted by atomic mass is 19.1. The first-order valence-corrected chi connectivity index (χ1v) is 4.63. The molecule has 0 radical (unpaired) electrons. The van der Waals surface area contributed by atoms with Crippen LogP contribution in [0.3, 0.4) is 0 Å². The molecule has 0 heterocycles. The van der Waals surface area contributed by atoms with Crippen LogP contribution in [-0.2, 0) is 9.53 Å². The van der Waals surface area contributed by atoms with Crippen molar-refractivity contribution in [3.05, 3.63) is 0 Å². The van der Waals surface area contributed by atoms with Gasteiger partial charge in [0.2, 0.25) is 0 Å². The van der Waals surface area contributed by atoms with Crippen LogP contribution in [0.25, 0.3) is 0 Å². The number of alkyl halides is 1. The highest BCUT2D eigenvalue weighted by Crippen LogP contribution is 2.62. The molecule has 0 aromatic carbocycles. The Hall–Kier alpha value is -0.680. The van der Waals surface area contributed by atoms with E-state index in [2.05, 4.69) is 4.74 Å². The van der Waals surface area contributed by atoms with Crippen molar-refractivity contribution in [2.24, 2.45) is 11.8 Å². The number of aliphatic hydroxyl groups is 2. The van der Waals surface area contributed by atoms with Crippen LogP contribution in [0.1, 0.15) is 12.8 Å². The standard InChI is InChI=1S/C9H13FO4/c1-14-7(12)3-4-6(11)2-5-8(13)9(4,5)10/h4-6,8,11,13H,2-3H2,1H3/t4-,5-,6+,8?,9-/m0/s1. The van der Waals surface area contributed by atoms with Gasteiger partial charge in [0.15, 0.2) is 0 Å². The Morgan fingerprint density at radius 3 is 2.79 bits per heavy atom. The second-order valence-corrected chi connectivity index (χ2v) is 4.07. The van der Waals surface area contributed by atoms with Gasteiger partial charge in [-0.15, -0.1) is 0 Å². The van der Waals surface area contributed by atoms with Crippen molar-refractivity contribution in [3.63, 3.8) is 0 Å². The quantitative estimate of drug-likeness (QED) is 0.602. The summed E-state index contributed by atoms with van der Waals surface area (Å²) in [6.07, 6.45) is -1.78. The number of hydrogen-bond donors (Lipinski definition) is 2. The Kier molecular flexibility index (Phi) is 2.04. The van der Waals surface area contributed by atoms with Crippen molar-refractivity contribution in [3.8, 4) is 0 Å². The minimum absolute atomic E-state index is 0.165. The van der Waals surface area contributed by atoms with Gasteiger partial charge in [-0.05, 0) is 6.42 Å². The number of esters is 1. The zero-order valence-corrected chi connectivity index (χ0v) is 7.81. The molecule has 2 aliphatic carbocycles. The molecule has 0 aromatic heterocycles. The molecule has 0 saturated heterocycles. The van der Waals surface area contributed by atoms with Gasteiger partial charge in [-0.2, -0.15) is 0 Å². The van der Waals surface area contributed by atoms with E-state index in [1.807, 2.05) is 0 Å². The zero-order chi connectivity index (χ0) is 10.5. The molecule has 0 aliphatic heterocycles. The molecular weight excluding hydrogens is 191 g/mol. The fourth-order valence-corrected chi connectivity index (χ4v) is 2.51. The fraction of sp³-hybridized carbons (Fsp3) is 0.889. The number of fused-ring (bicyclic) bond motifs is 1. The van der Waals surface area contributed by atoms with Crippen molar-refractivity contribution in [2.45, 2.75) is 30.7 Å². The molecule has 0 spiro atoms. The van der Waals surface area contributed by atoms with E-state index in [4.69, 9.17) is 0 Å². The maximum Gasteiger partial charge on any atom is 0.306 e. The van der Waals surface area contributed by atoms with Crippen LogP contribution < -0.4 is 0 Å². The number of carbonyl (C=O) groups excluding carboxylic acids is 1. The summed E-state index contributed by atoms with van der Waals surface area (Å²) in [6, 6.07) is 0. The largest absolute Gasteiger partial charge is 0.469 e. The summed E-state index contributed by atoms with van der Waals surface area (Å²) in [6.45, 7) is 0. The van der Waals surface area contributed by atoms with Gasteiger partial charge < -0.3 is 14.9 Å². The lowest BCUT2D eigenvalue weighted by atomic mass is 9.95. The van der Waals surface area contributed by atoms with Crippen LogP contribution >= 0.6 is 0 Å². The Balaban J connectivity index is 2.06.